The summed E-state index contributed by atoms with van der Waals surface area (Å²) in [5, 5.41) is 0. The molecule has 1 aliphatic rings. The Bertz CT molecular complexity index is 1140. The molecule has 0 N–H and O–H groups in total. The van der Waals surface area contributed by atoms with Gasteiger partial charge in [-0.25, -0.2) is 4.39 Å². The Kier molecular flexibility index (Phi) is 8.31. The van der Waals surface area contributed by atoms with Gasteiger partial charge in [0.25, 0.3) is 5.91 Å². The number of carbonyl (C=O) groups excluding carboxylic acids is 2. The molecule has 4 rings (SSSR count). The molecule has 3 aromatic rings. The number of thiophene rings is 1. The molecule has 0 spiro atoms. The molecule has 1 saturated heterocycles. The smallest absolute Gasteiger partial charge is 0.254 e. The molecule has 1 aromatic heterocycles. The first kappa shape index (κ1) is 25.1. The largest absolute Gasteiger partial charge is 0.376 e. The molecule has 7 heteroatoms. The molecule has 1 fully saturated rings. The third-order valence-electron chi connectivity index (χ3n) is 6.14. The molecule has 1 unspecified atom stereocenters. The highest BCUT2D eigenvalue weighted by Crippen LogP contribution is 2.20. The fraction of sp³-hybridized carbons (Fsp3) is 0.357. The van der Waals surface area contributed by atoms with Gasteiger partial charge >= 0.3 is 0 Å². The lowest BCUT2D eigenvalue weighted by Crippen LogP contribution is -2.45. The van der Waals surface area contributed by atoms with Gasteiger partial charge in [0, 0.05) is 35.0 Å². The van der Waals surface area contributed by atoms with E-state index >= 15 is 0 Å². The van der Waals surface area contributed by atoms with Crippen molar-refractivity contribution in [3.63, 3.8) is 0 Å². The molecular weight excluding hydrogens is 463 g/mol. The summed E-state index contributed by atoms with van der Waals surface area (Å²) < 4.78 is 19.2. The molecule has 2 amide bonds. The summed E-state index contributed by atoms with van der Waals surface area (Å²) in [6.07, 6.45) is 1.77. The van der Waals surface area contributed by atoms with E-state index in [1.165, 1.54) is 17.0 Å². The predicted octanol–water partition coefficient (Wildman–Crippen LogP) is 5.35. The van der Waals surface area contributed by atoms with E-state index in [1.807, 2.05) is 38.1 Å². The number of halogens is 1. The van der Waals surface area contributed by atoms with E-state index in [-0.39, 0.29) is 30.3 Å². The summed E-state index contributed by atoms with van der Waals surface area (Å²) in [7, 11) is 0. The molecule has 5 nitrogen and oxygen atoms in total. The zero-order chi connectivity index (χ0) is 24.8. The van der Waals surface area contributed by atoms with Crippen molar-refractivity contribution in [2.75, 3.05) is 19.7 Å². The number of amides is 2. The number of ether oxygens (including phenoxy) is 1. The maximum Gasteiger partial charge on any atom is 0.254 e. The van der Waals surface area contributed by atoms with Crippen molar-refractivity contribution in [1.29, 1.82) is 0 Å². The summed E-state index contributed by atoms with van der Waals surface area (Å²) in [5.41, 5.74) is 2.46. The van der Waals surface area contributed by atoms with Gasteiger partial charge in [0.1, 0.15) is 12.4 Å². The molecular formula is C28H31FN2O3S. The van der Waals surface area contributed by atoms with Gasteiger partial charge in [0.15, 0.2) is 0 Å². The van der Waals surface area contributed by atoms with Gasteiger partial charge in [0.05, 0.1) is 12.6 Å². The Morgan fingerprint density at radius 3 is 2.34 bits per heavy atom. The van der Waals surface area contributed by atoms with Crippen LogP contribution in [0.1, 0.15) is 44.1 Å². The highest BCUT2D eigenvalue weighted by atomic mass is 32.1. The number of aryl methyl sites for hydroxylation is 2. The van der Waals surface area contributed by atoms with Crippen LogP contribution in [0.15, 0.2) is 60.7 Å². The Hall–Kier alpha value is -3.03. The van der Waals surface area contributed by atoms with Crippen molar-refractivity contribution >= 4 is 23.2 Å². The topological polar surface area (TPSA) is 49.9 Å². The van der Waals surface area contributed by atoms with Crippen molar-refractivity contribution in [2.24, 2.45) is 0 Å². The van der Waals surface area contributed by atoms with Gasteiger partial charge in [-0.1, -0.05) is 29.8 Å². The lowest BCUT2D eigenvalue weighted by atomic mass is 10.1. The fourth-order valence-electron chi connectivity index (χ4n) is 4.20. The SMILES string of the molecule is Cc1ccc(C(=O)N(CC(=O)N(Cc2ccc(F)cc2)Cc2ccc(C)s2)CC2CCCO2)cc1. The number of hydrogen-bond acceptors (Lipinski definition) is 4. The highest BCUT2D eigenvalue weighted by molar-refractivity contribution is 7.11. The molecule has 1 atom stereocenters. The first-order chi connectivity index (χ1) is 16.9. The summed E-state index contributed by atoms with van der Waals surface area (Å²) >= 11 is 1.64. The second-order valence-electron chi connectivity index (χ2n) is 9.08. The van der Waals surface area contributed by atoms with Gasteiger partial charge in [-0.2, -0.15) is 0 Å². The normalized spacial score (nSPS) is 15.2. The minimum atomic E-state index is -0.313. The second kappa shape index (κ2) is 11.6. The van der Waals surface area contributed by atoms with Crippen LogP contribution in [0.25, 0.3) is 0 Å². The molecule has 2 aromatic carbocycles. The minimum Gasteiger partial charge on any atom is -0.376 e. The van der Waals surface area contributed by atoms with E-state index in [0.29, 0.717) is 31.8 Å². The maximum atomic E-state index is 13.6. The first-order valence-corrected chi connectivity index (χ1v) is 12.7. The minimum absolute atomic E-state index is 0.0435. The summed E-state index contributed by atoms with van der Waals surface area (Å²) in [6.45, 7) is 5.79. The Balaban J connectivity index is 1.55. The molecule has 0 aliphatic carbocycles. The summed E-state index contributed by atoms with van der Waals surface area (Å²) in [5.74, 6) is -0.645. The molecule has 0 radical (unpaired) electrons. The third-order valence-corrected chi connectivity index (χ3v) is 7.13. The highest BCUT2D eigenvalue weighted by Gasteiger charge is 2.27. The van der Waals surface area contributed by atoms with Crippen LogP contribution in [0.3, 0.4) is 0 Å². The van der Waals surface area contributed by atoms with Crippen molar-refractivity contribution < 1.29 is 18.7 Å². The van der Waals surface area contributed by atoms with E-state index < -0.39 is 0 Å². The van der Waals surface area contributed by atoms with Gasteiger partial charge in [0.2, 0.25) is 5.91 Å². The first-order valence-electron chi connectivity index (χ1n) is 11.9. The number of carbonyl (C=O) groups is 2. The third kappa shape index (κ3) is 6.99. The quantitative estimate of drug-likeness (QED) is 0.403. The lowest BCUT2D eigenvalue weighted by molar-refractivity contribution is -0.133. The van der Waals surface area contributed by atoms with Crippen LogP contribution in [0.5, 0.6) is 0 Å². The zero-order valence-corrected chi connectivity index (χ0v) is 21.0. The standard InChI is InChI=1S/C28H31FN2O3S/c1-20-5-10-23(11-6-20)28(33)31(17-25-4-3-15-34-25)19-27(32)30(18-26-14-7-21(2)35-26)16-22-8-12-24(29)13-9-22/h5-14,25H,3-4,15-19H2,1-2H3. The van der Waals surface area contributed by atoms with Gasteiger partial charge < -0.3 is 14.5 Å². The molecule has 0 saturated carbocycles. The van der Waals surface area contributed by atoms with E-state index in [1.54, 1.807) is 45.4 Å². The van der Waals surface area contributed by atoms with Crippen LogP contribution >= 0.6 is 11.3 Å². The molecule has 1 aliphatic heterocycles. The van der Waals surface area contributed by atoms with Crippen molar-refractivity contribution in [2.45, 2.75) is 45.9 Å². The number of rotatable bonds is 9. The van der Waals surface area contributed by atoms with Crippen LogP contribution in [-0.4, -0.2) is 47.4 Å². The maximum absolute atomic E-state index is 13.6. The second-order valence-corrected chi connectivity index (χ2v) is 10.4. The molecule has 2 heterocycles. The van der Waals surface area contributed by atoms with Crippen molar-refractivity contribution in [3.05, 3.63) is 92.9 Å². The van der Waals surface area contributed by atoms with Gasteiger partial charge in [-0.05, 0) is 68.7 Å². The lowest BCUT2D eigenvalue weighted by Gasteiger charge is -2.29. The Morgan fingerprint density at radius 2 is 1.71 bits per heavy atom. The summed E-state index contributed by atoms with van der Waals surface area (Å²) in [4.78, 5) is 32.6. The van der Waals surface area contributed by atoms with Crippen LogP contribution in [-0.2, 0) is 22.6 Å². The Labute approximate surface area is 210 Å². The molecule has 184 valence electrons. The monoisotopic (exact) mass is 494 g/mol. The summed E-state index contributed by atoms with van der Waals surface area (Å²) in [6, 6.07) is 17.6. The van der Waals surface area contributed by atoms with Gasteiger partial charge in [-0.3, -0.25) is 9.59 Å². The zero-order valence-electron chi connectivity index (χ0n) is 20.2. The molecule has 0 bridgehead atoms. The average molecular weight is 495 g/mol. The number of benzene rings is 2. The van der Waals surface area contributed by atoms with Gasteiger partial charge in [-0.15, -0.1) is 11.3 Å². The average Bonchev–Trinajstić information content (AvgIpc) is 3.51. The number of nitrogens with zero attached hydrogens (tertiary/aromatic N) is 2. The number of hydrogen-bond donors (Lipinski definition) is 0. The van der Waals surface area contributed by atoms with E-state index in [0.717, 1.165) is 28.8 Å². The van der Waals surface area contributed by atoms with E-state index in [2.05, 4.69) is 0 Å². The fourth-order valence-corrected chi connectivity index (χ4v) is 5.10. The van der Waals surface area contributed by atoms with E-state index in [4.69, 9.17) is 4.74 Å². The van der Waals surface area contributed by atoms with Crippen LogP contribution in [0.2, 0.25) is 0 Å². The van der Waals surface area contributed by atoms with Crippen molar-refractivity contribution in [3.8, 4) is 0 Å². The van der Waals surface area contributed by atoms with Crippen LogP contribution in [0.4, 0.5) is 4.39 Å². The van der Waals surface area contributed by atoms with E-state index in [9.17, 15) is 14.0 Å². The van der Waals surface area contributed by atoms with Crippen molar-refractivity contribution in [1.82, 2.24) is 9.80 Å². The molecule has 35 heavy (non-hydrogen) atoms. The Morgan fingerprint density at radius 1 is 0.971 bits per heavy atom. The predicted molar refractivity (Wildman–Crippen MR) is 136 cm³/mol. The van der Waals surface area contributed by atoms with Crippen LogP contribution < -0.4 is 0 Å². The van der Waals surface area contributed by atoms with Crippen LogP contribution in [0, 0.1) is 19.7 Å².